The van der Waals surface area contributed by atoms with Gasteiger partial charge >= 0.3 is 36.4 Å². The molecule has 0 saturated heterocycles. The highest BCUT2D eigenvalue weighted by Crippen LogP contribution is 2.45. The maximum absolute atomic E-state index is 13.8. The minimum Gasteiger partial charge on any atom is -0.431 e. The minimum absolute atomic E-state index is 0.0665. The first-order valence-electron chi connectivity index (χ1n) is 21.0. The third-order valence-electron chi connectivity index (χ3n) is 10.9. The second kappa shape index (κ2) is 26.7. The van der Waals surface area contributed by atoms with Gasteiger partial charge in [-0.25, -0.2) is 43.7 Å². The van der Waals surface area contributed by atoms with E-state index in [1.54, 1.807) is 43.3 Å². The molecule has 3 atom stereocenters. The number of carbonyl (C=O) groups is 6. The molecule has 0 radical (unpaired) electrons. The quantitative estimate of drug-likeness (QED) is 0.0306. The normalized spacial score (nSPS) is 13.0. The third-order valence-corrected chi connectivity index (χ3v) is 18.5. The highest BCUT2D eigenvalue weighted by Gasteiger charge is 2.61. The van der Waals surface area contributed by atoms with Gasteiger partial charge in [-0.05, 0) is 78.8 Å². The highest BCUT2D eigenvalue weighted by atomic mass is 28.3. The summed E-state index contributed by atoms with van der Waals surface area (Å²) >= 11 is 0. The first kappa shape index (κ1) is 53.3. The van der Waals surface area contributed by atoms with Crippen LogP contribution in [0.2, 0.25) is 0 Å². The van der Waals surface area contributed by atoms with Gasteiger partial charge in [0.15, 0.2) is 0 Å². The number of benzene rings is 3. The van der Waals surface area contributed by atoms with Gasteiger partial charge in [0.2, 0.25) is 0 Å². The summed E-state index contributed by atoms with van der Waals surface area (Å²) in [5, 5.41) is 0. The van der Waals surface area contributed by atoms with Crippen LogP contribution in [-0.2, 0) is 62.8 Å². The Kier molecular flexibility index (Phi) is 21.6. The fraction of sp³-hybridized carbons (Fsp3) is 0.250. The van der Waals surface area contributed by atoms with Crippen molar-refractivity contribution in [3.63, 3.8) is 0 Å². The molecule has 3 aromatic rings. The Labute approximate surface area is 389 Å². The van der Waals surface area contributed by atoms with Crippen molar-refractivity contribution < 1.29 is 72.3 Å². The Hall–Kier alpha value is -7.03. The third kappa shape index (κ3) is 14.0. The van der Waals surface area contributed by atoms with Crippen LogP contribution in [0.5, 0.6) is 0 Å². The lowest BCUT2D eigenvalue weighted by atomic mass is 9.86. The Bertz CT molecular complexity index is 1940. The molecule has 350 valence electrons. The zero-order chi connectivity index (χ0) is 48.8. The fourth-order valence-corrected chi connectivity index (χ4v) is 14.6. The molecule has 0 aliphatic heterocycles. The summed E-state index contributed by atoms with van der Waals surface area (Å²) in [4.78, 5) is 110. The van der Waals surface area contributed by atoms with E-state index in [0.29, 0.717) is 19.3 Å². The van der Waals surface area contributed by atoms with Crippen molar-refractivity contribution in [2.75, 3.05) is 0 Å². The molecule has 0 aliphatic carbocycles. The lowest BCUT2D eigenvalue weighted by Gasteiger charge is -2.51. The van der Waals surface area contributed by atoms with Crippen molar-refractivity contribution in [3.05, 3.63) is 180 Å². The van der Waals surface area contributed by atoms with E-state index >= 15 is 0 Å². The summed E-state index contributed by atoms with van der Waals surface area (Å²) in [6, 6.07) is 19.2. The fourth-order valence-electron chi connectivity index (χ4n) is 7.12. The molecule has 0 aromatic heterocycles. The largest absolute Gasteiger partial charge is 0.549 e. The van der Waals surface area contributed by atoms with Crippen LogP contribution in [0.3, 0.4) is 0 Å². The number of hydrogen-bond acceptors (Lipinski definition) is 15. The van der Waals surface area contributed by atoms with Gasteiger partial charge < -0.3 is 14.2 Å². The molecule has 66 heavy (non-hydrogen) atoms. The average molecular weight is 957 g/mol. The molecule has 0 spiro atoms. The van der Waals surface area contributed by atoms with Crippen molar-refractivity contribution >= 4 is 62.8 Å². The number of hydrogen-bond donors (Lipinski definition) is 0. The van der Waals surface area contributed by atoms with E-state index in [-0.39, 0.29) is 23.1 Å². The van der Waals surface area contributed by atoms with Crippen molar-refractivity contribution in [1.29, 1.82) is 0 Å². The van der Waals surface area contributed by atoms with Gasteiger partial charge in [0, 0.05) is 0 Å². The SMILES string of the molecule is C=C[SiH](C=C)C(OC(=O)OOC(=O)c1ccc(CC)cc1)C(CC)(C(OC(=O)OOC(=O)c1ccc(CC)cc1)[SiH](C=C)C=C)C(OC(=O)OOC(=O)c1ccc(CC)cc1)[SiH](C=C)C=C. The van der Waals surface area contributed by atoms with Crippen LogP contribution in [-0.4, -0.2) is 79.9 Å². The summed E-state index contributed by atoms with van der Waals surface area (Å²) in [6.07, 6.45) is -2.63. The molecular formula is C48H56O15Si3. The summed E-state index contributed by atoms with van der Waals surface area (Å²) < 4.78 is 18.2. The molecule has 0 bridgehead atoms. The lowest BCUT2D eigenvalue weighted by molar-refractivity contribution is -0.226. The van der Waals surface area contributed by atoms with Crippen LogP contribution in [0, 0.1) is 5.41 Å². The van der Waals surface area contributed by atoms with E-state index < -0.39 is 85.4 Å². The smallest absolute Gasteiger partial charge is 0.431 e. The molecule has 0 fully saturated rings. The zero-order valence-electron chi connectivity index (χ0n) is 37.6. The summed E-state index contributed by atoms with van der Waals surface area (Å²) in [5.74, 6) is -3.07. The number of rotatable bonds is 22. The molecule has 3 aromatic carbocycles. The van der Waals surface area contributed by atoms with Crippen molar-refractivity contribution in [3.8, 4) is 0 Å². The first-order chi connectivity index (χ1) is 31.7. The van der Waals surface area contributed by atoms with Gasteiger partial charge in [0.05, 0.1) is 22.1 Å². The molecule has 0 aliphatic rings. The van der Waals surface area contributed by atoms with E-state index in [2.05, 4.69) is 39.5 Å². The number of ether oxygens (including phenoxy) is 3. The molecule has 15 nitrogen and oxygen atoms in total. The van der Waals surface area contributed by atoms with Gasteiger partial charge in [0.25, 0.3) is 0 Å². The van der Waals surface area contributed by atoms with Gasteiger partial charge in [-0.3, -0.25) is 0 Å². The van der Waals surface area contributed by atoms with Crippen molar-refractivity contribution in [2.24, 2.45) is 5.41 Å². The Morgan fingerprint density at radius 3 is 0.833 bits per heavy atom. The predicted octanol–water partition coefficient (Wildman–Crippen LogP) is 8.60. The first-order valence-corrected chi connectivity index (χ1v) is 27.0. The standard InChI is InChI=1S/C48H56O15Si3/c1-11-33-21-27-36(28-22-33)39(49)58-61-45(52)55-42(64(15-5)16-6)48(14-4,43(65(17-7)18-8)56-46(53)62-59-40(50)37-29-23-34(12-2)24-30-37)44(66(19-9)20-10)57-47(54)63-60-41(51)38-31-25-35(13-3)26-32-38/h15-32,42-44,64-66H,5-14H2,1-4H3. The lowest BCUT2D eigenvalue weighted by Crippen LogP contribution is -2.67. The summed E-state index contributed by atoms with van der Waals surface area (Å²) in [5.41, 5.74) is 5.43. The highest BCUT2D eigenvalue weighted by molar-refractivity contribution is 6.74. The number of aryl methyl sites for hydroxylation is 3. The van der Waals surface area contributed by atoms with Crippen molar-refractivity contribution in [2.45, 2.75) is 70.6 Å². The van der Waals surface area contributed by atoms with Crippen LogP contribution in [0.25, 0.3) is 0 Å². The Morgan fingerprint density at radius 2 is 0.652 bits per heavy atom. The Morgan fingerprint density at radius 1 is 0.424 bits per heavy atom. The molecule has 0 amide bonds. The average Bonchev–Trinajstić information content (AvgIpc) is 3.35. The van der Waals surface area contributed by atoms with E-state index in [4.69, 9.17) is 43.5 Å². The van der Waals surface area contributed by atoms with Gasteiger partial charge in [0.1, 0.15) is 43.6 Å². The van der Waals surface area contributed by atoms with E-state index in [1.807, 2.05) is 20.8 Å². The van der Waals surface area contributed by atoms with Crippen LogP contribution < -0.4 is 0 Å². The summed E-state index contributed by atoms with van der Waals surface area (Å²) in [6.45, 7) is 31.2. The molecule has 3 unspecified atom stereocenters. The minimum atomic E-state index is -2.98. The molecule has 0 heterocycles. The maximum atomic E-state index is 13.8. The monoisotopic (exact) mass is 956 g/mol. The molecular weight excluding hydrogens is 901 g/mol. The summed E-state index contributed by atoms with van der Waals surface area (Å²) in [7, 11) is -8.94. The van der Waals surface area contributed by atoms with Gasteiger partial charge in [-0.2, -0.15) is 14.4 Å². The molecule has 3 rings (SSSR count). The second-order valence-corrected chi connectivity index (χ2v) is 22.6. The van der Waals surface area contributed by atoms with E-state index in [9.17, 15) is 28.8 Å². The molecule has 0 saturated carbocycles. The molecule has 18 heteroatoms. The molecule has 0 N–H and O–H groups in total. The van der Waals surface area contributed by atoms with E-state index in [0.717, 1.165) is 16.7 Å². The van der Waals surface area contributed by atoms with Crippen LogP contribution in [0.1, 0.15) is 81.9 Å². The maximum Gasteiger partial charge on any atom is 0.549 e. The van der Waals surface area contributed by atoms with Crippen molar-refractivity contribution in [1.82, 2.24) is 0 Å². The predicted molar refractivity (Wildman–Crippen MR) is 253 cm³/mol. The zero-order valence-corrected chi connectivity index (χ0v) is 41.0. The Balaban J connectivity index is 2.19. The van der Waals surface area contributed by atoms with Crippen LogP contribution in [0.4, 0.5) is 14.4 Å². The van der Waals surface area contributed by atoms with Gasteiger partial charge in [-0.15, -0.1) is 39.5 Å². The van der Waals surface area contributed by atoms with E-state index in [1.165, 1.54) is 70.6 Å². The van der Waals surface area contributed by atoms with Crippen LogP contribution in [0.15, 0.2) is 146 Å². The topological polar surface area (TPSA) is 185 Å². The van der Waals surface area contributed by atoms with Crippen LogP contribution >= 0.6 is 0 Å². The van der Waals surface area contributed by atoms with Gasteiger partial charge in [-0.1, -0.05) is 98.3 Å². The number of carbonyl (C=O) groups excluding carboxylic acids is 6. The second-order valence-electron chi connectivity index (χ2n) is 14.5.